The third kappa shape index (κ3) is 5.59. The molecule has 1 amide bonds. The number of anilines is 1. The van der Waals surface area contributed by atoms with E-state index in [1.54, 1.807) is 24.1 Å². The van der Waals surface area contributed by atoms with Gasteiger partial charge in [-0.2, -0.15) is 5.10 Å². The molecule has 0 aliphatic carbocycles. The molecule has 0 saturated heterocycles. The Morgan fingerprint density at radius 2 is 2.32 bits per heavy atom. The molecular formula is C12H23ClN4O2. The van der Waals surface area contributed by atoms with E-state index in [1.807, 2.05) is 13.8 Å². The van der Waals surface area contributed by atoms with Crippen molar-refractivity contribution < 1.29 is 9.53 Å². The molecule has 0 bridgehead atoms. The second-order valence-corrected chi connectivity index (χ2v) is 4.36. The highest BCUT2D eigenvalue weighted by Gasteiger charge is 2.19. The largest absolute Gasteiger partial charge is 0.383 e. The highest BCUT2D eigenvalue weighted by atomic mass is 35.5. The van der Waals surface area contributed by atoms with Gasteiger partial charge in [0.2, 0.25) is 5.91 Å². The summed E-state index contributed by atoms with van der Waals surface area (Å²) in [6.07, 6.45) is 2.67. The van der Waals surface area contributed by atoms with E-state index in [0.29, 0.717) is 19.0 Å². The second-order valence-electron chi connectivity index (χ2n) is 4.36. The lowest BCUT2D eigenvalue weighted by molar-refractivity contribution is -0.118. The van der Waals surface area contributed by atoms with Crippen molar-refractivity contribution in [1.29, 1.82) is 0 Å². The summed E-state index contributed by atoms with van der Waals surface area (Å²) in [6.45, 7) is 5.21. The van der Waals surface area contributed by atoms with Crippen LogP contribution in [0.1, 0.15) is 20.3 Å². The summed E-state index contributed by atoms with van der Waals surface area (Å²) in [5, 5.41) is 6.92. The van der Waals surface area contributed by atoms with Gasteiger partial charge in [0.1, 0.15) is 0 Å². The maximum absolute atomic E-state index is 11.8. The third-order valence-corrected chi connectivity index (χ3v) is 2.98. The van der Waals surface area contributed by atoms with Crippen molar-refractivity contribution >= 4 is 24.1 Å². The molecule has 0 fully saturated rings. The quantitative estimate of drug-likeness (QED) is 0.792. The smallest absolute Gasteiger partial charge is 0.242 e. The van der Waals surface area contributed by atoms with E-state index in [2.05, 4.69) is 10.4 Å². The zero-order valence-corrected chi connectivity index (χ0v) is 12.4. The molecule has 0 spiro atoms. The molecular weight excluding hydrogens is 268 g/mol. The molecule has 6 nitrogen and oxygen atoms in total. The summed E-state index contributed by atoms with van der Waals surface area (Å²) in [5.74, 6) is 0.483. The van der Waals surface area contributed by atoms with Crippen LogP contribution in [0, 0.1) is 5.92 Å². The number of carbonyl (C=O) groups is 1. The minimum Gasteiger partial charge on any atom is -0.383 e. The molecule has 110 valence electrons. The van der Waals surface area contributed by atoms with Gasteiger partial charge in [0.15, 0.2) is 5.82 Å². The molecule has 1 heterocycles. The first kappa shape index (κ1) is 17.9. The highest BCUT2D eigenvalue weighted by molar-refractivity contribution is 5.94. The number of amides is 1. The van der Waals surface area contributed by atoms with Gasteiger partial charge in [0, 0.05) is 19.4 Å². The van der Waals surface area contributed by atoms with E-state index in [-0.39, 0.29) is 24.2 Å². The molecule has 0 saturated carbocycles. The first-order valence-electron chi connectivity index (χ1n) is 6.17. The van der Waals surface area contributed by atoms with Crippen molar-refractivity contribution in [3.05, 3.63) is 12.3 Å². The maximum atomic E-state index is 11.8. The van der Waals surface area contributed by atoms with Gasteiger partial charge in [0.25, 0.3) is 0 Å². The predicted octanol–water partition coefficient (Wildman–Crippen LogP) is 1.26. The predicted molar refractivity (Wildman–Crippen MR) is 77.4 cm³/mol. The summed E-state index contributed by atoms with van der Waals surface area (Å²) in [7, 11) is 1.64. The standard InChI is InChI=1S/C12H22N4O2.ClH/c1-4-9(2)11(13)12(17)14-10-5-6-16(15-10)7-8-18-3;/h5-6,9,11H,4,7-8,13H2,1-3H3,(H,14,15,17);1H. The normalized spacial score (nSPS) is 13.5. The SMILES string of the molecule is CCC(C)C(N)C(=O)Nc1ccn(CCOC)n1.Cl. The van der Waals surface area contributed by atoms with Gasteiger partial charge in [-0.1, -0.05) is 20.3 Å². The Morgan fingerprint density at radius 1 is 1.63 bits per heavy atom. The summed E-state index contributed by atoms with van der Waals surface area (Å²) < 4.78 is 6.67. The zero-order valence-electron chi connectivity index (χ0n) is 11.6. The lowest BCUT2D eigenvalue weighted by Gasteiger charge is -2.16. The molecule has 0 aromatic carbocycles. The number of nitrogens with zero attached hydrogens (tertiary/aromatic N) is 2. The van der Waals surface area contributed by atoms with Crippen LogP contribution in [0.15, 0.2) is 12.3 Å². The molecule has 2 atom stereocenters. The van der Waals surface area contributed by atoms with Crippen LogP contribution in [-0.4, -0.2) is 35.4 Å². The molecule has 0 radical (unpaired) electrons. The molecule has 7 heteroatoms. The highest BCUT2D eigenvalue weighted by Crippen LogP contribution is 2.09. The fraction of sp³-hybridized carbons (Fsp3) is 0.667. The van der Waals surface area contributed by atoms with Crippen LogP contribution < -0.4 is 11.1 Å². The molecule has 1 rings (SSSR count). The van der Waals surface area contributed by atoms with E-state index < -0.39 is 6.04 Å². The van der Waals surface area contributed by atoms with E-state index in [1.165, 1.54) is 0 Å². The lowest BCUT2D eigenvalue weighted by Crippen LogP contribution is -2.40. The van der Waals surface area contributed by atoms with Crippen LogP contribution in [-0.2, 0) is 16.1 Å². The number of nitrogens with two attached hydrogens (primary N) is 1. The Bertz CT molecular complexity index is 384. The molecule has 3 N–H and O–H groups in total. The molecule has 2 unspecified atom stereocenters. The molecule has 0 aliphatic rings. The third-order valence-electron chi connectivity index (χ3n) is 2.98. The van der Waals surface area contributed by atoms with Crippen LogP contribution in [0.3, 0.4) is 0 Å². The Hall–Kier alpha value is -1.11. The van der Waals surface area contributed by atoms with Crippen molar-refractivity contribution in [3.63, 3.8) is 0 Å². The number of hydrogen-bond acceptors (Lipinski definition) is 4. The Labute approximate surface area is 120 Å². The second kappa shape index (κ2) is 8.90. The number of hydrogen-bond donors (Lipinski definition) is 2. The summed E-state index contributed by atoms with van der Waals surface area (Å²) in [6, 6.07) is 1.25. The van der Waals surface area contributed by atoms with Crippen molar-refractivity contribution in [2.75, 3.05) is 19.0 Å². The maximum Gasteiger partial charge on any atom is 0.242 e. The van der Waals surface area contributed by atoms with E-state index in [4.69, 9.17) is 10.5 Å². The monoisotopic (exact) mass is 290 g/mol. The minimum absolute atomic E-state index is 0. The first-order valence-corrected chi connectivity index (χ1v) is 6.17. The average molecular weight is 291 g/mol. The number of halogens is 1. The van der Waals surface area contributed by atoms with Crippen LogP contribution in [0.4, 0.5) is 5.82 Å². The number of carbonyl (C=O) groups excluding carboxylic acids is 1. The van der Waals surface area contributed by atoms with Crippen molar-refractivity contribution in [3.8, 4) is 0 Å². The lowest BCUT2D eigenvalue weighted by atomic mass is 9.99. The molecule has 1 aromatic rings. The Morgan fingerprint density at radius 3 is 2.89 bits per heavy atom. The Balaban J connectivity index is 0.00000324. The van der Waals surface area contributed by atoms with Crippen LogP contribution in [0.2, 0.25) is 0 Å². The summed E-state index contributed by atoms with van der Waals surface area (Å²) in [4.78, 5) is 11.8. The number of nitrogens with one attached hydrogen (secondary N) is 1. The molecule has 1 aromatic heterocycles. The van der Waals surface area contributed by atoms with Crippen LogP contribution in [0.25, 0.3) is 0 Å². The van der Waals surface area contributed by atoms with Crippen molar-refractivity contribution in [1.82, 2.24) is 9.78 Å². The fourth-order valence-electron chi connectivity index (χ4n) is 1.46. The number of rotatable bonds is 7. The Kier molecular flexibility index (Phi) is 8.38. The van der Waals surface area contributed by atoms with Gasteiger partial charge in [-0.25, -0.2) is 0 Å². The van der Waals surface area contributed by atoms with Crippen LogP contribution >= 0.6 is 12.4 Å². The number of methoxy groups -OCH3 is 1. The van der Waals surface area contributed by atoms with Gasteiger partial charge in [-0.15, -0.1) is 12.4 Å². The van der Waals surface area contributed by atoms with E-state index in [9.17, 15) is 4.79 Å². The summed E-state index contributed by atoms with van der Waals surface area (Å²) in [5.41, 5.74) is 5.84. The topological polar surface area (TPSA) is 82.2 Å². The minimum atomic E-state index is -0.501. The number of aromatic nitrogens is 2. The van der Waals surface area contributed by atoms with Crippen molar-refractivity contribution in [2.45, 2.75) is 32.9 Å². The van der Waals surface area contributed by atoms with Gasteiger partial charge in [-0.05, 0) is 5.92 Å². The summed E-state index contributed by atoms with van der Waals surface area (Å²) >= 11 is 0. The van der Waals surface area contributed by atoms with Crippen molar-refractivity contribution in [2.24, 2.45) is 11.7 Å². The fourth-order valence-corrected chi connectivity index (χ4v) is 1.46. The van der Waals surface area contributed by atoms with Gasteiger partial charge in [-0.3, -0.25) is 9.48 Å². The molecule has 19 heavy (non-hydrogen) atoms. The average Bonchev–Trinajstić information content (AvgIpc) is 2.81. The van der Waals surface area contributed by atoms with Gasteiger partial charge < -0.3 is 15.8 Å². The molecule has 0 aliphatic heterocycles. The van der Waals surface area contributed by atoms with E-state index >= 15 is 0 Å². The van der Waals surface area contributed by atoms with Gasteiger partial charge >= 0.3 is 0 Å². The van der Waals surface area contributed by atoms with Crippen LogP contribution in [0.5, 0.6) is 0 Å². The van der Waals surface area contributed by atoms with E-state index in [0.717, 1.165) is 6.42 Å². The zero-order chi connectivity index (χ0) is 13.5. The first-order chi connectivity index (χ1) is 8.58. The van der Waals surface area contributed by atoms with Gasteiger partial charge in [0.05, 0.1) is 19.2 Å². The number of ether oxygens (including phenoxy) is 1.